The highest BCUT2D eigenvalue weighted by Crippen LogP contribution is 2.65. The van der Waals surface area contributed by atoms with E-state index in [9.17, 15) is 46.0 Å². The molecule has 3 aliphatic carbocycles. The molecule has 3 aliphatic heterocycles. The maximum atomic E-state index is 11.5. The van der Waals surface area contributed by atoms with Crippen molar-refractivity contribution in [2.24, 2.45) is 39.9 Å². The van der Waals surface area contributed by atoms with Crippen molar-refractivity contribution in [1.82, 2.24) is 0 Å². The molecule has 15 heteroatoms. The normalized spacial score (nSPS) is 46.8. The minimum atomic E-state index is -1.44. The zero-order chi connectivity index (χ0) is 46.2. The highest BCUT2D eigenvalue weighted by Gasteiger charge is 2.58. The van der Waals surface area contributed by atoms with Gasteiger partial charge in [0.05, 0.1) is 74.3 Å². The Bertz CT molecular complexity index is 1490. The third kappa shape index (κ3) is 10.9. The van der Waals surface area contributed by atoms with Gasteiger partial charge in [-0.2, -0.15) is 0 Å². The Hall–Kier alpha value is -0.860. The first-order valence-corrected chi connectivity index (χ1v) is 24.2. The molecule has 6 aliphatic rings. The van der Waals surface area contributed by atoms with Crippen LogP contribution >= 0.6 is 0 Å². The van der Waals surface area contributed by atoms with Crippen LogP contribution in [0.4, 0.5) is 0 Å². The first-order valence-electron chi connectivity index (χ1n) is 24.2. The monoisotopic (exact) mass is 901 g/mol. The molecule has 366 valence electrons. The molecule has 6 rings (SSSR count). The Kier molecular flexibility index (Phi) is 17.0. The predicted molar refractivity (Wildman–Crippen MR) is 232 cm³/mol. The van der Waals surface area contributed by atoms with E-state index in [1.54, 1.807) is 13.8 Å². The molecule has 0 amide bonds. The molecule has 0 aromatic rings. The van der Waals surface area contributed by atoms with Crippen molar-refractivity contribution in [3.63, 3.8) is 0 Å². The number of aliphatic hydroxyl groups excluding tert-OH is 8. The van der Waals surface area contributed by atoms with E-state index in [2.05, 4.69) is 47.6 Å². The zero-order valence-electron chi connectivity index (χ0n) is 39.3. The molecule has 3 saturated heterocycles. The topological polar surface area (TPSA) is 237 Å². The van der Waals surface area contributed by atoms with E-state index in [0.29, 0.717) is 24.2 Å². The summed E-state index contributed by atoms with van der Waals surface area (Å²) in [6.07, 6.45) is -1.84. The Morgan fingerprint density at radius 2 is 1.27 bits per heavy atom. The van der Waals surface area contributed by atoms with E-state index in [-0.39, 0.29) is 60.7 Å². The SMILES string of the molecule is CC1C/C=C2\C(CCC[C@]3(C)C([C@H](C)CC[C@@H](O[C@@H]4O[C@H](CO)C[C@H](O)C4O[C@@H]4O[C@H](CO)CC(O)[C@H]4O)C(C)(C)O)CC[C@@]13C)CC[C@H](O[C@@H]1O[C@H](CO)C[C@H](O)[C@H]1O)C2(C)C. The highest BCUT2D eigenvalue weighted by atomic mass is 16.8. The summed E-state index contributed by atoms with van der Waals surface area (Å²) >= 11 is 0. The van der Waals surface area contributed by atoms with Crippen molar-refractivity contribution in [3.8, 4) is 0 Å². The van der Waals surface area contributed by atoms with Crippen LogP contribution < -0.4 is 0 Å². The van der Waals surface area contributed by atoms with Gasteiger partial charge in [0.15, 0.2) is 18.9 Å². The van der Waals surface area contributed by atoms with Gasteiger partial charge in [-0.05, 0) is 106 Å². The van der Waals surface area contributed by atoms with E-state index < -0.39 is 92.1 Å². The maximum Gasteiger partial charge on any atom is 0.187 e. The lowest BCUT2D eigenvalue weighted by molar-refractivity contribution is -0.355. The van der Waals surface area contributed by atoms with Crippen molar-refractivity contribution in [1.29, 1.82) is 0 Å². The van der Waals surface area contributed by atoms with Crippen LogP contribution in [-0.2, 0) is 28.4 Å². The second kappa shape index (κ2) is 20.8. The Labute approximate surface area is 375 Å². The highest BCUT2D eigenvalue weighted by molar-refractivity contribution is 5.23. The Balaban J connectivity index is 1.14. The lowest BCUT2D eigenvalue weighted by Crippen LogP contribution is -2.59. The molecule has 15 nitrogen and oxygen atoms in total. The minimum Gasteiger partial charge on any atom is -0.394 e. The fraction of sp³-hybridized carbons (Fsp3) is 0.958. The van der Waals surface area contributed by atoms with Gasteiger partial charge in [0.2, 0.25) is 0 Å². The van der Waals surface area contributed by atoms with Gasteiger partial charge in [-0.15, -0.1) is 0 Å². The van der Waals surface area contributed by atoms with Crippen LogP contribution in [-0.4, -0.2) is 157 Å². The van der Waals surface area contributed by atoms with Crippen molar-refractivity contribution in [2.75, 3.05) is 19.8 Å². The number of hydrogen-bond donors (Lipinski definition) is 9. The Morgan fingerprint density at radius 3 is 1.84 bits per heavy atom. The van der Waals surface area contributed by atoms with E-state index >= 15 is 0 Å². The first-order chi connectivity index (χ1) is 29.6. The van der Waals surface area contributed by atoms with Gasteiger partial charge < -0.3 is 74.4 Å². The molecule has 9 N–H and O–H groups in total. The van der Waals surface area contributed by atoms with E-state index in [4.69, 9.17) is 28.4 Å². The average molecular weight is 901 g/mol. The second-order valence-corrected chi connectivity index (χ2v) is 22.0. The quantitative estimate of drug-likeness (QED) is 0.114. The summed E-state index contributed by atoms with van der Waals surface area (Å²) in [4.78, 5) is 0. The Morgan fingerprint density at radius 1 is 0.714 bits per heavy atom. The van der Waals surface area contributed by atoms with Crippen molar-refractivity contribution in [3.05, 3.63) is 11.6 Å². The van der Waals surface area contributed by atoms with E-state index in [1.165, 1.54) is 5.57 Å². The van der Waals surface area contributed by atoms with Crippen LogP contribution in [0, 0.1) is 39.9 Å². The number of aliphatic hydroxyl groups is 9. The fourth-order valence-electron chi connectivity index (χ4n) is 12.8. The van der Waals surface area contributed by atoms with Crippen molar-refractivity contribution < 1.29 is 74.4 Å². The lowest BCUT2D eigenvalue weighted by Gasteiger charge is -2.52. The summed E-state index contributed by atoms with van der Waals surface area (Å²) in [5.41, 5.74) is -0.115. The molecule has 0 aromatic heterocycles. The van der Waals surface area contributed by atoms with Gasteiger partial charge in [-0.3, -0.25) is 0 Å². The first kappa shape index (κ1) is 51.5. The van der Waals surface area contributed by atoms with Gasteiger partial charge in [0, 0.05) is 24.7 Å². The summed E-state index contributed by atoms with van der Waals surface area (Å²) in [7, 11) is 0. The summed E-state index contributed by atoms with van der Waals surface area (Å²) in [6, 6.07) is 0. The zero-order valence-corrected chi connectivity index (χ0v) is 39.3. The lowest BCUT2D eigenvalue weighted by atomic mass is 9.53. The fourth-order valence-corrected chi connectivity index (χ4v) is 12.8. The summed E-state index contributed by atoms with van der Waals surface area (Å²) in [5, 5.41) is 94.7. The molecule has 63 heavy (non-hydrogen) atoms. The van der Waals surface area contributed by atoms with Crippen LogP contribution in [0.1, 0.15) is 139 Å². The third-order valence-corrected chi connectivity index (χ3v) is 17.2. The van der Waals surface area contributed by atoms with Crippen molar-refractivity contribution >= 4 is 0 Å². The van der Waals surface area contributed by atoms with Gasteiger partial charge in [-0.25, -0.2) is 0 Å². The molecule has 0 spiro atoms. The molecular weight excluding hydrogens is 817 g/mol. The smallest absolute Gasteiger partial charge is 0.187 e. The minimum absolute atomic E-state index is 0.0172. The number of allylic oxidation sites excluding steroid dienone is 1. The van der Waals surface area contributed by atoms with Gasteiger partial charge in [0.25, 0.3) is 0 Å². The summed E-state index contributed by atoms with van der Waals surface area (Å²) in [5.74, 6) is 1.51. The van der Waals surface area contributed by atoms with Crippen LogP contribution in [0.2, 0.25) is 0 Å². The summed E-state index contributed by atoms with van der Waals surface area (Å²) < 4.78 is 36.9. The average Bonchev–Trinajstić information content (AvgIpc) is 3.50. The molecule has 20 atom stereocenters. The maximum absolute atomic E-state index is 11.5. The van der Waals surface area contributed by atoms with E-state index in [1.807, 2.05) is 0 Å². The standard InChI is InChI=1S/C48H84O15/c1-26(11-15-38(46(5,6)57)62-44-41(36(54)22-31(25-51)60-44)63-43-40(56)35(53)21-30(24-50)59-43)32-17-19-47(7)27(2)12-14-33-28(10-9-18-48(32,47)8)13-16-37(45(33,3)4)61-42-39(55)34(52)20-29(23-49)58-42/h14,26-32,34-44,49-57H,9-13,15-25H2,1-8H3/b33-14+/t26-,27?,28?,29+,30+,31+,32?,34+,35?,36+,37+,38-,39-,40-,41?,42+,43+,44+,47+,48-/m1/s1. The molecule has 5 fully saturated rings. The van der Waals surface area contributed by atoms with Crippen LogP contribution in [0.25, 0.3) is 0 Å². The van der Waals surface area contributed by atoms with Gasteiger partial charge in [0.1, 0.15) is 18.3 Å². The largest absolute Gasteiger partial charge is 0.394 e. The number of rotatable bonds is 14. The molecule has 2 saturated carbocycles. The molecule has 0 aromatic carbocycles. The molecule has 5 unspecified atom stereocenters. The molecule has 0 bridgehead atoms. The van der Waals surface area contributed by atoms with Crippen LogP contribution in [0.5, 0.6) is 0 Å². The number of hydrogen-bond acceptors (Lipinski definition) is 15. The van der Waals surface area contributed by atoms with Gasteiger partial charge in [-0.1, -0.05) is 59.6 Å². The molecule has 3 heterocycles. The number of fused-ring (bicyclic) bond motifs is 2. The second-order valence-electron chi connectivity index (χ2n) is 22.0. The van der Waals surface area contributed by atoms with Crippen LogP contribution in [0.15, 0.2) is 11.6 Å². The molecular formula is C48H84O15. The molecule has 0 radical (unpaired) electrons. The predicted octanol–water partition coefficient (Wildman–Crippen LogP) is 3.45. The number of ether oxygens (including phenoxy) is 6. The third-order valence-electron chi connectivity index (χ3n) is 17.2. The van der Waals surface area contributed by atoms with Crippen LogP contribution in [0.3, 0.4) is 0 Å². The summed E-state index contributed by atoms with van der Waals surface area (Å²) in [6.45, 7) is 16.6. The van der Waals surface area contributed by atoms with E-state index in [0.717, 1.165) is 57.8 Å². The van der Waals surface area contributed by atoms with Crippen molar-refractivity contribution in [2.45, 2.75) is 230 Å². The van der Waals surface area contributed by atoms with Gasteiger partial charge >= 0.3 is 0 Å².